The number of carbonyl (C=O) groups excluding carboxylic acids is 1. The van der Waals surface area contributed by atoms with E-state index in [-0.39, 0.29) is 17.1 Å². The van der Waals surface area contributed by atoms with Gasteiger partial charge in [-0.05, 0) is 59.0 Å². The van der Waals surface area contributed by atoms with Gasteiger partial charge >= 0.3 is 0 Å². The highest BCUT2D eigenvalue weighted by Gasteiger charge is 2.16. The lowest BCUT2D eigenvalue weighted by Crippen LogP contribution is -2.14. The summed E-state index contributed by atoms with van der Waals surface area (Å²) in [6.07, 6.45) is 0. The fourth-order valence-electron chi connectivity index (χ4n) is 2.72. The van der Waals surface area contributed by atoms with E-state index in [4.69, 9.17) is 0 Å². The molecular weight excluding hydrogens is 329 g/mol. The van der Waals surface area contributed by atoms with Crippen molar-refractivity contribution in [2.24, 2.45) is 7.05 Å². The normalized spacial score (nSPS) is 11.4. The van der Waals surface area contributed by atoms with Crippen LogP contribution in [-0.4, -0.2) is 15.7 Å². The SMILES string of the molecule is Cn1nc(C(=O)Nc2ccc(C(C)(C)C)cc2)cc1-c1ccc(F)cc1. The maximum atomic E-state index is 13.1. The molecule has 1 N–H and O–H groups in total. The van der Waals surface area contributed by atoms with Gasteiger partial charge in [-0.3, -0.25) is 9.48 Å². The van der Waals surface area contributed by atoms with Gasteiger partial charge in [0.1, 0.15) is 5.82 Å². The van der Waals surface area contributed by atoms with Gasteiger partial charge in [-0.2, -0.15) is 5.10 Å². The molecule has 134 valence electrons. The van der Waals surface area contributed by atoms with E-state index in [1.165, 1.54) is 17.7 Å². The predicted octanol–water partition coefficient (Wildman–Crippen LogP) is 4.78. The fraction of sp³-hybridized carbons (Fsp3) is 0.238. The first-order valence-corrected chi connectivity index (χ1v) is 8.46. The Morgan fingerprint density at radius 2 is 1.65 bits per heavy atom. The van der Waals surface area contributed by atoms with Crippen LogP contribution in [-0.2, 0) is 12.5 Å². The molecule has 26 heavy (non-hydrogen) atoms. The number of halogens is 1. The third-order valence-electron chi connectivity index (χ3n) is 4.26. The Balaban J connectivity index is 1.78. The summed E-state index contributed by atoms with van der Waals surface area (Å²) < 4.78 is 14.7. The van der Waals surface area contributed by atoms with Crippen LogP contribution in [0.1, 0.15) is 36.8 Å². The molecule has 0 atom stereocenters. The Hall–Kier alpha value is -2.95. The standard InChI is InChI=1S/C21H22FN3O/c1-21(2,3)15-7-11-17(12-8-15)23-20(26)18-13-19(25(4)24-18)14-5-9-16(22)10-6-14/h5-13H,1-4H3,(H,23,26). The smallest absolute Gasteiger partial charge is 0.276 e. The van der Waals surface area contributed by atoms with Crippen LogP contribution in [0.2, 0.25) is 0 Å². The molecule has 0 saturated carbocycles. The number of nitrogens with zero attached hydrogens (tertiary/aromatic N) is 2. The third-order valence-corrected chi connectivity index (χ3v) is 4.26. The van der Waals surface area contributed by atoms with E-state index in [0.29, 0.717) is 5.69 Å². The van der Waals surface area contributed by atoms with Crippen molar-refractivity contribution in [3.63, 3.8) is 0 Å². The molecule has 3 aromatic rings. The molecule has 0 saturated heterocycles. The van der Waals surface area contributed by atoms with E-state index < -0.39 is 0 Å². The summed E-state index contributed by atoms with van der Waals surface area (Å²) in [6.45, 7) is 6.43. The maximum Gasteiger partial charge on any atom is 0.276 e. The lowest BCUT2D eigenvalue weighted by molar-refractivity contribution is 0.102. The zero-order chi connectivity index (χ0) is 18.9. The lowest BCUT2D eigenvalue weighted by atomic mass is 9.87. The van der Waals surface area contributed by atoms with E-state index in [2.05, 4.69) is 31.2 Å². The highest BCUT2D eigenvalue weighted by molar-refractivity contribution is 6.03. The van der Waals surface area contributed by atoms with Crippen LogP contribution in [0.25, 0.3) is 11.3 Å². The molecule has 0 aliphatic rings. The molecule has 1 amide bonds. The van der Waals surface area contributed by atoms with Crippen LogP contribution in [0.3, 0.4) is 0 Å². The Bertz CT molecular complexity index is 919. The van der Waals surface area contributed by atoms with Crippen molar-refractivity contribution in [3.05, 3.63) is 71.7 Å². The Labute approximate surface area is 152 Å². The van der Waals surface area contributed by atoms with E-state index in [1.54, 1.807) is 29.9 Å². The van der Waals surface area contributed by atoms with Crippen molar-refractivity contribution >= 4 is 11.6 Å². The molecule has 0 radical (unpaired) electrons. The largest absolute Gasteiger partial charge is 0.321 e. The van der Waals surface area contributed by atoms with Gasteiger partial charge in [0.05, 0.1) is 5.69 Å². The average Bonchev–Trinajstić information content (AvgIpc) is 2.97. The third kappa shape index (κ3) is 3.82. The summed E-state index contributed by atoms with van der Waals surface area (Å²) in [5.74, 6) is -0.579. The molecule has 1 heterocycles. The first-order valence-electron chi connectivity index (χ1n) is 8.46. The van der Waals surface area contributed by atoms with Crippen molar-refractivity contribution in [1.82, 2.24) is 9.78 Å². The number of aromatic nitrogens is 2. The zero-order valence-corrected chi connectivity index (χ0v) is 15.4. The summed E-state index contributed by atoms with van der Waals surface area (Å²) in [4.78, 5) is 12.5. The van der Waals surface area contributed by atoms with Gasteiger partial charge in [-0.25, -0.2) is 4.39 Å². The summed E-state index contributed by atoms with van der Waals surface area (Å²) in [5, 5.41) is 7.14. The first-order chi connectivity index (χ1) is 12.2. The molecule has 1 aromatic heterocycles. The van der Waals surface area contributed by atoms with Crippen LogP contribution < -0.4 is 5.32 Å². The zero-order valence-electron chi connectivity index (χ0n) is 15.4. The highest BCUT2D eigenvalue weighted by Crippen LogP contribution is 2.24. The summed E-state index contributed by atoms with van der Waals surface area (Å²) >= 11 is 0. The van der Waals surface area contributed by atoms with Gasteiger partial charge in [0.15, 0.2) is 5.69 Å². The van der Waals surface area contributed by atoms with E-state index in [0.717, 1.165) is 16.9 Å². The predicted molar refractivity (Wildman–Crippen MR) is 102 cm³/mol. The van der Waals surface area contributed by atoms with E-state index in [9.17, 15) is 9.18 Å². The van der Waals surface area contributed by atoms with E-state index >= 15 is 0 Å². The number of benzene rings is 2. The second-order valence-electron chi connectivity index (χ2n) is 7.33. The summed E-state index contributed by atoms with van der Waals surface area (Å²) in [6, 6.07) is 15.6. The second kappa shape index (κ2) is 6.75. The van der Waals surface area contributed by atoms with Crippen LogP contribution in [0, 0.1) is 5.82 Å². The first kappa shape index (κ1) is 17.9. The highest BCUT2D eigenvalue weighted by atomic mass is 19.1. The van der Waals surface area contributed by atoms with Crippen LogP contribution in [0.4, 0.5) is 10.1 Å². The average molecular weight is 351 g/mol. The molecule has 0 fully saturated rings. The van der Waals surface area contributed by atoms with Gasteiger partial charge in [-0.15, -0.1) is 0 Å². The van der Waals surface area contributed by atoms with Gasteiger partial charge in [0.25, 0.3) is 5.91 Å². The quantitative estimate of drug-likeness (QED) is 0.738. The molecule has 4 nitrogen and oxygen atoms in total. The van der Waals surface area contributed by atoms with Crippen molar-refractivity contribution in [3.8, 4) is 11.3 Å². The Morgan fingerprint density at radius 3 is 2.23 bits per heavy atom. The number of anilines is 1. The Kier molecular flexibility index (Phi) is 4.64. The molecule has 0 spiro atoms. The van der Waals surface area contributed by atoms with Crippen molar-refractivity contribution in [2.75, 3.05) is 5.32 Å². The molecule has 5 heteroatoms. The second-order valence-corrected chi connectivity index (χ2v) is 7.33. The molecule has 0 aliphatic carbocycles. The van der Waals surface area contributed by atoms with Gasteiger partial charge in [-0.1, -0.05) is 32.9 Å². The summed E-state index contributed by atoms with van der Waals surface area (Å²) in [5.41, 5.74) is 3.84. The minimum atomic E-state index is -0.299. The number of rotatable bonds is 3. The maximum absolute atomic E-state index is 13.1. The van der Waals surface area contributed by atoms with Crippen LogP contribution >= 0.6 is 0 Å². The number of hydrogen-bond donors (Lipinski definition) is 1. The number of amides is 1. The monoisotopic (exact) mass is 351 g/mol. The van der Waals surface area contributed by atoms with Crippen LogP contribution in [0.15, 0.2) is 54.6 Å². The minimum absolute atomic E-state index is 0.0631. The molecule has 2 aromatic carbocycles. The fourth-order valence-corrected chi connectivity index (χ4v) is 2.72. The van der Waals surface area contributed by atoms with Gasteiger partial charge in [0, 0.05) is 12.7 Å². The number of hydrogen-bond acceptors (Lipinski definition) is 2. The van der Waals surface area contributed by atoms with E-state index in [1.807, 2.05) is 24.3 Å². The number of nitrogens with one attached hydrogen (secondary N) is 1. The molecule has 0 unspecified atom stereocenters. The van der Waals surface area contributed by atoms with Crippen LogP contribution in [0.5, 0.6) is 0 Å². The van der Waals surface area contributed by atoms with Gasteiger partial charge < -0.3 is 5.32 Å². The topological polar surface area (TPSA) is 46.9 Å². The summed E-state index contributed by atoms with van der Waals surface area (Å²) in [7, 11) is 1.76. The number of carbonyl (C=O) groups is 1. The molecule has 0 aliphatic heterocycles. The van der Waals surface area contributed by atoms with Crippen molar-refractivity contribution in [1.29, 1.82) is 0 Å². The Morgan fingerprint density at radius 1 is 1.04 bits per heavy atom. The minimum Gasteiger partial charge on any atom is -0.321 e. The molecular formula is C21H22FN3O. The molecule has 3 rings (SSSR count). The molecule has 0 bridgehead atoms. The number of aryl methyl sites for hydroxylation is 1. The van der Waals surface area contributed by atoms with Crippen molar-refractivity contribution < 1.29 is 9.18 Å². The van der Waals surface area contributed by atoms with Crippen molar-refractivity contribution in [2.45, 2.75) is 26.2 Å². The van der Waals surface area contributed by atoms with Gasteiger partial charge in [0.2, 0.25) is 0 Å². The lowest BCUT2D eigenvalue weighted by Gasteiger charge is -2.19.